The first-order valence-electron chi connectivity index (χ1n) is 7.88. The summed E-state index contributed by atoms with van der Waals surface area (Å²) in [5, 5.41) is 3.51. The molecule has 0 atom stereocenters. The van der Waals surface area contributed by atoms with E-state index in [-0.39, 0.29) is 5.78 Å². The molecule has 0 radical (unpaired) electrons. The highest BCUT2D eigenvalue weighted by Crippen LogP contribution is 2.34. The number of Topliss-reactive ketones (excluding diaryl/α,β-unsaturated/α-hetero) is 1. The summed E-state index contributed by atoms with van der Waals surface area (Å²) in [5.41, 5.74) is 9.04. The van der Waals surface area contributed by atoms with Gasteiger partial charge in [0.05, 0.1) is 5.03 Å². The van der Waals surface area contributed by atoms with Gasteiger partial charge in [-0.25, -0.2) is 0 Å². The van der Waals surface area contributed by atoms with E-state index in [9.17, 15) is 4.79 Å². The summed E-state index contributed by atoms with van der Waals surface area (Å²) in [6, 6.07) is 7.82. The van der Waals surface area contributed by atoms with Gasteiger partial charge in [-0.15, -0.1) is 0 Å². The third kappa shape index (κ3) is 4.47. The van der Waals surface area contributed by atoms with Crippen molar-refractivity contribution < 1.29 is 4.79 Å². The van der Waals surface area contributed by atoms with Crippen LogP contribution in [-0.2, 0) is 4.79 Å². The van der Waals surface area contributed by atoms with E-state index in [0.717, 1.165) is 23.2 Å². The van der Waals surface area contributed by atoms with E-state index in [1.165, 1.54) is 7.05 Å². The van der Waals surface area contributed by atoms with Crippen LogP contribution < -0.4 is 11.1 Å². The number of allylic oxidation sites excluding steroid dienone is 6. The van der Waals surface area contributed by atoms with Gasteiger partial charge in [0.15, 0.2) is 0 Å². The topological polar surface area (TPSA) is 55.1 Å². The lowest BCUT2D eigenvalue weighted by molar-refractivity contribution is -0.112. The summed E-state index contributed by atoms with van der Waals surface area (Å²) in [6.07, 6.45) is 4.81. The number of ketones is 1. The van der Waals surface area contributed by atoms with E-state index < -0.39 is 0 Å². The number of benzene rings is 1. The maximum absolute atomic E-state index is 12.6. The van der Waals surface area contributed by atoms with Crippen LogP contribution in [0, 0.1) is 6.92 Å². The van der Waals surface area contributed by atoms with Gasteiger partial charge in [-0.3, -0.25) is 4.79 Å². The van der Waals surface area contributed by atoms with Crippen molar-refractivity contribution in [1.29, 1.82) is 0 Å². The molecule has 0 unspecified atom stereocenters. The fraction of sp³-hybridized carbons (Fsp3) is 0.250. The third-order valence-corrected chi connectivity index (χ3v) is 4.04. The Bertz CT molecular complexity index is 710. The van der Waals surface area contributed by atoms with E-state index in [2.05, 4.69) is 17.6 Å². The predicted octanol–water partition coefficient (Wildman–Crippen LogP) is 4.85. The summed E-state index contributed by atoms with van der Waals surface area (Å²) in [7, 11) is 1.50. The van der Waals surface area contributed by atoms with E-state index in [1.807, 2.05) is 57.2 Å². The molecule has 3 nitrogen and oxygen atoms in total. The number of hydrogen-bond acceptors (Lipinski definition) is 3. The van der Waals surface area contributed by atoms with Gasteiger partial charge in [-0.05, 0) is 50.6 Å². The summed E-state index contributed by atoms with van der Waals surface area (Å²) in [6.45, 7) is 9.90. The number of hydrogen-bond donors (Lipinski definition) is 2. The molecular formula is C20H25ClN2O. The molecule has 0 saturated heterocycles. The Labute approximate surface area is 149 Å². The third-order valence-electron chi connectivity index (χ3n) is 3.62. The van der Waals surface area contributed by atoms with Crippen molar-refractivity contribution in [3.05, 3.63) is 76.0 Å². The molecule has 1 aliphatic rings. The minimum Gasteiger partial charge on any atom is -0.351 e. The van der Waals surface area contributed by atoms with Crippen molar-refractivity contribution in [3.8, 4) is 0 Å². The number of carbonyl (C=O) groups is 1. The predicted molar refractivity (Wildman–Crippen MR) is 104 cm³/mol. The number of carbonyl (C=O) groups excluding carboxylic acids is 1. The summed E-state index contributed by atoms with van der Waals surface area (Å²) < 4.78 is 0. The van der Waals surface area contributed by atoms with Crippen LogP contribution in [-0.4, -0.2) is 12.8 Å². The second-order valence-corrected chi connectivity index (χ2v) is 5.71. The van der Waals surface area contributed by atoms with Gasteiger partial charge >= 0.3 is 0 Å². The highest BCUT2D eigenvalue weighted by Gasteiger charge is 2.26. The van der Waals surface area contributed by atoms with Gasteiger partial charge in [0.2, 0.25) is 5.78 Å². The number of halogens is 1. The minimum atomic E-state index is -0.0891. The quantitative estimate of drug-likeness (QED) is 0.820. The van der Waals surface area contributed by atoms with Gasteiger partial charge in [-0.2, -0.15) is 0 Å². The van der Waals surface area contributed by atoms with Crippen LogP contribution in [0.15, 0.2) is 70.4 Å². The van der Waals surface area contributed by atoms with Crippen molar-refractivity contribution >= 4 is 23.1 Å². The highest BCUT2D eigenvalue weighted by molar-refractivity contribution is 6.37. The Morgan fingerprint density at radius 3 is 2.33 bits per heavy atom. The fourth-order valence-corrected chi connectivity index (χ4v) is 2.49. The molecular weight excluding hydrogens is 320 g/mol. The Morgan fingerprint density at radius 1 is 1.21 bits per heavy atom. The average Bonchev–Trinajstić information content (AvgIpc) is 2.60. The second-order valence-electron chi connectivity index (χ2n) is 5.34. The van der Waals surface area contributed by atoms with Gasteiger partial charge in [0.25, 0.3) is 0 Å². The molecule has 0 aromatic heterocycles. The lowest BCUT2D eigenvalue weighted by atomic mass is 9.90. The first-order chi connectivity index (χ1) is 11.5. The molecule has 1 aromatic carbocycles. The lowest BCUT2D eigenvalue weighted by Crippen LogP contribution is -2.20. The Kier molecular flexibility index (Phi) is 7.69. The van der Waals surface area contributed by atoms with E-state index in [1.54, 1.807) is 0 Å². The molecule has 1 aromatic rings. The van der Waals surface area contributed by atoms with Gasteiger partial charge in [0, 0.05) is 11.3 Å². The molecule has 0 saturated carbocycles. The summed E-state index contributed by atoms with van der Waals surface area (Å²) in [4.78, 5) is 12.6. The highest BCUT2D eigenvalue weighted by atomic mass is 35.5. The molecule has 3 N–H and O–H groups in total. The Balaban J connectivity index is 0.00000139. The maximum Gasteiger partial charge on any atom is 0.207 e. The van der Waals surface area contributed by atoms with Crippen molar-refractivity contribution in [2.75, 3.05) is 12.4 Å². The second kappa shape index (κ2) is 9.26. The van der Waals surface area contributed by atoms with Crippen molar-refractivity contribution in [2.45, 2.75) is 27.2 Å². The molecule has 0 aliphatic heterocycles. The van der Waals surface area contributed by atoms with Crippen LogP contribution in [0.25, 0.3) is 0 Å². The van der Waals surface area contributed by atoms with Gasteiger partial charge in [-0.1, -0.05) is 55.0 Å². The fourth-order valence-electron chi connectivity index (χ4n) is 2.26. The normalized spacial score (nSPS) is 14.9. The number of nitrogens with one attached hydrogen (secondary N) is 1. The summed E-state index contributed by atoms with van der Waals surface area (Å²) in [5.74, 6) is -0.0891. The summed E-state index contributed by atoms with van der Waals surface area (Å²) >= 11 is 6.38. The van der Waals surface area contributed by atoms with E-state index in [4.69, 9.17) is 11.6 Å². The van der Waals surface area contributed by atoms with Crippen LogP contribution >= 0.6 is 11.6 Å². The van der Waals surface area contributed by atoms with Crippen molar-refractivity contribution in [3.63, 3.8) is 0 Å². The lowest BCUT2D eigenvalue weighted by Gasteiger charge is -2.22. The smallest absolute Gasteiger partial charge is 0.207 e. The van der Waals surface area contributed by atoms with Crippen molar-refractivity contribution in [1.82, 2.24) is 0 Å². The van der Waals surface area contributed by atoms with Crippen LogP contribution in [0.5, 0.6) is 0 Å². The zero-order chi connectivity index (χ0) is 18.3. The average molecular weight is 345 g/mol. The molecule has 1 aliphatic carbocycles. The van der Waals surface area contributed by atoms with Crippen LogP contribution in [0.3, 0.4) is 0 Å². The molecule has 0 heterocycles. The zero-order valence-corrected chi connectivity index (χ0v) is 15.5. The SMILES string of the molecule is C=C1C(Cl)=C(Nc2ccc(C)cc2)C(=O)C(C)=C1/C=C\CC.CN. The first-order valence-corrected chi connectivity index (χ1v) is 8.26. The molecule has 128 valence electrons. The molecule has 0 amide bonds. The van der Waals surface area contributed by atoms with Gasteiger partial charge in [0.1, 0.15) is 5.70 Å². The standard InChI is InChI=1S/C19H20ClNO.CH5N/c1-5-6-7-16-13(3)17(20)18(19(22)14(16)4)21-15-10-8-12(2)9-11-15;1-2/h6-11,21H,3,5H2,1-2,4H3;2H2,1H3/b7-6-;. The van der Waals surface area contributed by atoms with Crippen molar-refractivity contribution in [2.24, 2.45) is 5.73 Å². The van der Waals surface area contributed by atoms with E-state index >= 15 is 0 Å². The number of anilines is 1. The Morgan fingerprint density at radius 2 is 1.79 bits per heavy atom. The Hall–Kier alpha value is -2.10. The molecule has 0 fully saturated rings. The monoisotopic (exact) mass is 344 g/mol. The zero-order valence-electron chi connectivity index (χ0n) is 14.7. The number of nitrogens with two attached hydrogens (primary N) is 1. The largest absolute Gasteiger partial charge is 0.351 e. The molecule has 0 bridgehead atoms. The van der Waals surface area contributed by atoms with E-state index in [0.29, 0.717) is 21.9 Å². The minimum absolute atomic E-state index is 0.0891. The molecule has 2 rings (SSSR count). The first kappa shape index (κ1) is 19.9. The van der Waals surface area contributed by atoms with Gasteiger partial charge < -0.3 is 11.1 Å². The van der Waals surface area contributed by atoms with Crippen LogP contribution in [0.4, 0.5) is 5.69 Å². The van der Waals surface area contributed by atoms with Crippen LogP contribution in [0.2, 0.25) is 0 Å². The van der Waals surface area contributed by atoms with Crippen LogP contribution in [0.1, 0.15) is 25.8 Å². The molecule has 24 heavy (non-hydrogen) atoms. The number of aryl methyl sites for hydroxylation is 1. The number of rotatable bonds is 4. The molecule has 4 heteroatoms. The molecule has 0 spiro atoms. The maximum atomic E-state index is 12.6.